The van der Waals surface area contributed by atoms with Crippen LogP contribution in [-0.4, -0.2) is 34.1 Å². The third-order valence-electron chi connectivity index (χ3n) is 3.01. The maximum absolute atomic E-state index is 14.1. The lowest BCUT2D eigenvalue weighted by molar-refractivity contribution is 0.0689. The summed E-state index contributed by atoms with van der Waals surface area (Å²) >= 11 is 0. The Labute approximate surface area is 113 Å². The van der Waals surface area contributed by atoms with Crippen molar-refractivity contribution in [1.29, 1.82) is 0 Å². The summed E-state index contributed by atoms with van der Waals surface area (Å²) in [6.07, 6.45) is 0. The number of rotatable bonds is 2. The lowest BCUT2D eigenvalue weighted by atomic mass is 10.1. The van der Waals surface area contributed by atoms with Crippen LogP contribution in [0.25, 0.3) is 11.3 Å². The summed E-state index contributed by atoms with van der Waals surface area (Å²) in [5.74, 6) is -0.981. The Morgan fingerprint density at radius 1 is 1.40 bits per heavy atom. The molecule has 1 aliphatic heterocycles. The highest BCUT2D eigenvalue weighted by molar-refractivity contribution is 5.87. The molecule has 2 heterocycles. The van der Waals surface area contributed by atoms with E-state index in [4.69, 9.17) is 14.6 Å². The Kier molecular flexibility index (Phi) is 2.81. The Bertz CT molecular complexity index is 696. The van der Waals surface area contributed by atoms with E-state index in [9.17, 15) is 9.18 Å². The molecule has 7 heteroatoms. The first-order valence-electron chi connectivity index (χ1n) is 5.93. The number of carboxylic acids is 1. The summed E-state index contributed by atoms with van der Waals surface area (Å²) < 4.78 is 26.3. The van der Waals surface area contributed by atoms with Gasteiger partial charge in [-0.25, -0.2) is 9.18 Å². The molecule has 0 fully saturated rings. The molecule has 1 aromatic heterocycles. The standard InChI is InChI=1S/C13H11FN2O4/c1-16-9(6-8(15-16)13(17)18)11-7(14)2-3-10-12(11)20-5-4-19-10/h2-3,6H,4-5H2,1H3,(H,17,18). The minimum atomic E-state index is -1.17. The molecule has 104 valence electrons. The van der Waals surface area contributed by atoms with Crippen LogP contribution >= 0.6 is 0 Å². The van der Waals surface area contributed by atoms with Crippen molar-refractivity contribution in [3.05, 3.63) is 29.7 Å². The van der Waals surface area contributed by atoms with Gasteiger partial charge >= 0.3 is 5.97 Å². The van der Waals surface area contributed by atoms with Crippen LogP contribution in [0.4, 0.5) is 4.39 Å². The van der Waals surface area contributed by atoms with Gasteiger partial charge in [0.15, 0.2) is 17.2 Å². The van der Waals surface area contributed by atoms with Gasteiger partial charge in [-0.3, -0.25) is 4.68 Å². The van der Waals surface area contributed by atoms with Crippen molar-refractivity contribution in [2.24, 2.45) is 7.05 Å². The Balaban J connectivity index is 2.21. The minimum Gasteiger partial charge on any atom is -0.486 e. The monoisotopic (exact) mass is 278 g/mol. The van der Waals surface area contributed by atoms with Gasteiger partial charge in [0.1, 0.15) is 19.0 Å². The summed E-state index contributed by atoms with van der Waals surface area (Å²) in [6, 6.07) is 4.05. The van der Waals surface area contributed by atoms with Crippen molar-refractivity contribution in [3.63, 3.8) is 0 Å². The number of aryl methyl sites for hydroxylation is 1. The predicted molar refractivity (Wildman–Crippen MR) is 66.6 cm³/mol. The molecule has 0 spiro atoms. The van der Waals surface area contributed by atoms with Gasteiger partial charge in [-0.1, -0.05) is 0 Å². The zero-order chi connectivity index (χ0) is 14.3. The molecule has 0 saturated carbocycles. The van der Waals surface area contributed by atoms with Crippen LogP contribution in [0.15, 0.2) is 18.2 Å². The summed E-state index contributed by atoms with van der Waals surface area (Å²) in [7, 11) is 1.55. The molecule has 1 aromatic carbocycles. The highest BCUT2D eigenvalue weighted by Gasteiger charge is 2.24. The molecule has 0 aliphatic carbocycles. The normalized spacial score (nSPS) is 13.3. The fourth-order valence-electron chi connectivity index (χ4n) is 2.14. The molecular weight excluding hydrogens is 267 g/mol. The van der Waals surface area contributed by atoms with E-state index in [0.717, 1.165) is 0 Å². The molecule has 0 radical (unpaired) electrons. The van der Waals surface area contributed by atoms with E-state index < -0.39 is 11.8 Å². The summed E-state index contributed by atoms with van der Waals surface area (Å²) in [4.78, 5) is 10.9. The molecule has 1 N–H and O–H groups in total. The van der Waals surface area contributed by atoms with Crippen LogP contribution in [0.2, 0.25) is 0 Å². The molecule has 0 unspecified atom stereocenters. The average molecular weight is 278 g/mol. The van der Waals surface area contributed by atoms with E-state index in [-0.39, 0.29) is 17.0 Å². The second kappa shape index (κ2) is 4.52. The van der Waals surface area contributed by atoms with E-state index in [2.05, 4.69) is 5.10 Å². The van der Waals surface area contributed by atoms with Gasteiger partial charge in [-0.2, -0.15) is 5.10 Å². The second-order valence-electron chi connectivity index (χ2n) is 4.29. The van der Waals surface area contributed by atoms with Crippen molar-refractivity contribution in [1.82, 2.24) is 9.78 Å². The van der Waals surface area contributed by atoms with Crippen molar-refractivity contribution in [2.75, 3.05) is 13.2 Å². The quantitative estimate of drug-likeness (QED) is 0.905. The van der Waals surface area contributed by atoms with E-state index >= 15 is 0 Å². The average Bonchev–Trinajstić information content (AvgIpc) is 2.81. The summed E-state index contributed by atoms with van der Waals surface area (Å²) in [5.41, 5.74) is 0.322. The van der Waals surface area contributed by atoms with Crippen LogP contribution in [-0.2, 0) is 7.05 Å². The van der Waals surface area contributed by atoms with Gasteiger partial charge in [0, 0.05) is 7.05 Å². The Morgan fingerprint density at radius 3 is 2.85 bits per heavy atom. The predicted octanol–water partition coefficient (Wildman–Crippen LogP) is 1.70. The molecule has 3 rings (SSSR count). The van der Waals surface area contributed by atoms with Crippen LogP contribution < -0.4 is 9.47 Å². The van der Waals surface area contributed by atoms with E-state index in [1.165, 1.54) is 22.9 Å². The maximum Gasteiger partial charge on any atom is 0.356 e. The largest absolute Gasteiger partial charge is 0.486 e. The summed E-state index contributed by atoms with van der Waals surface area (Å²) in [5, 5.41) is 12.8. The van der Waals surface area contributed by atoms with Gasteiger partial charge in [-0.15, -0.1) is 0 Å². The lowest BCUT2D eigenvalue weighted by Gasteiger charge is -2.21. The molecule has 20 heavy (non-hydrogen) atoms. The molecular formula is C13H11FN2O4. The van der Waals surface area contributed by atoms with E-state index in [1.807, 2.05) is 0 Å². The third kappa shape index (κ3) is 1.87. The number of fused-ring (bicyclic) bond motifs is 1. The zero-order valence-electron chi connectivity index (χ0n) is 10.6. The highest BCUT2D eigenvalue weighted by atomic mass is 19.1. The van der Waals surface area contributed by atoms with Crippen molar-refractivity contribution in [3.8, 4) is 22.8 Å². The maximum atomic E-state index is 14.1. The minimum absolute atomic E-state index is 0.156. The van der Waals surface area contributed by atoms with Crippen molar-refractivity contribution >= 4 is 5.97 Å². The Hall–Kier alpha value is -2.57. The smallest absolute Gasteiger partial charge is 0.356 e. The number of nitrogens with zero attached hydrogens (tertiary/aromatic N) is 2. The van der Waals surface area contributed by atoms with E-state index in [0.29, 0.717) is 24.7 Å². The van der Waals surface area contributed by atoms with Gasteiger partial charge in [-0.05, 0) is 18.2 Å². The van der Waals surface area contributed by atoms with Crippen molar-refractivity contribution < 1.29 is 23.8 Å². The third-order valence-corrected chi connectivity index (χ3v) is 3.01. The SMILES string of the molecule is Cn1nc(C(=O)O)cc1-c1c(F)ccc2c1OCCO2. The molecule has 0 amide bonds. The number of benzene rings is 1. The van der Waals surface area contributed by atoms with Crippen molar-refractivity contribution in [2.45, 2.75) is 0 Å². The number of hydrogen-bond donors (Lipinski definition) is 1. The molecule has 0 saturated heterocycles. The second-order valence-corrected chi connectivity index (χ2v) is 4.29. The lowest BCUT2D eigenvalue weighted by Crippen LogP contribution is -2.16. The fourth-order valence-corrected chi connectivity index (χ4v) is 2.14. The Morgan fingerprint density at radius 2 is 2.15 bits per heavy atom. The first kappa shape index (κ1) is 12.5. The molecule has 6 nitrogen and oxygen atoms in total. The number of halogens is 1. The summed E-state index contributed by atoms with van der Waals surface area (Å²) in [6.45, 7) is 0.705. The van der Waals surface area contributed by atoms with Gasteiger partial charge in [0.05, 0.1) is 11.3 Å². The number of carboxylic acid groups (broad SMARTS) is 1. The molecule has 1 aliphatic rings. The first-order chi connectivity index (χ1) is 9.58. The van der Waals surface area contributed by atoms with Crippen LogP contribution in [0.3, 0.4) is 0 Å². The first-order valence-corrected chi connectivity index (χ1v) is 5.93. The molecule has 0 atom stereocenters. The topological polar surface area (TPSA) is 73.6 Å². The van der Waals surface area contributed by atoms with Gasteiger partial charge in [0.2, 0.25) is 0 Å². The van der Waals surface area contributed by atoms with Crippen LogP contribution in [0.1, 0.15) is 10.5 Å². The number of hydrogen-bond acceptors (Lipinski definition) is 4. The molecule has 2 aromatic rings. The zero-order valence-corrected chi connectivity index (χ0v) is 10.6. The van der Waals surface area contributed by atoms with Crippen LogP contribution in [0, 0.1) is 5.82 Å². The highest BCUT2D eigenvalue weighted by Crippen LogP contribution is 2.41. The number of aromatic carboxylic acids is 1. The van der Waals surface area contributed by atoms with E-state index in [1.54, 1.807) is 7.05 Å². The van der Waals surface area contributed by atoms with Crippen LogP contribution in [0.5, 0.6) is 11.5 Å². The van der Waals surface area contributed by atoms with Gasteiger partial charge < -0.3 is 14.6 Å². The number of aromatic nitrogens is 2. The fraction of sp³-hybridized carbons (Fsp3) is 0.231. The van der Waals surface area contributed by atoms with Gasteiger partial charge in [0.25, 0.3) is 0 Å². The number of ether oxygens (including phenoxy) is 2. The number of carbonyl (C=O) groups is 1. The molecule has 0 bridgehead atoms.